The van der Waals surface area contributed by atoms with E-state index in [-0.39, 0.29) is 30.9 Å². The third-order valence-electron chi connectivity index (χ3n) is 4.57. The minimum Gasteiger partial charge on any atom is -0.452 e. The zero-order valence-electron chi connectivity index (χ0n) is 15.6. The van der Waals surface area contributed by atoms with Crippen molar-refractivity contribution < 1.29 is 19.1 Å². The Bertz CT molecular complexity index is 907. The van der Waals surface area contributed by atoms with Crippen LogP contribution in [0.1, 0.15) is 34.8 Å². The smallest absolute Gasteiger partial charge is 0.338 e. The molecule has 1 aliphatic heterocycles. The number of fused-ring (bicyclic) bond motifs is 1. The molecular formula is C21H22N2O4. The molecule has 2 amide bonds. The van der Waals surface area contributed by atoms with Gasteiger partial charge in [0.15, 0.2) is 6.61 Å². The van der Waals surface area contributed by atoms with Crippen LogP contribution in [0.4, 0.5) is 11.4 Å². The molecule has 2 aromatic carbocycles. The fourth-order valence-corrected chi connectivity index (χ4v) is 3.20. The van der Waals surface area contributed by atoms with E-state index in [0.29, 0.717) is 16.9 Å². The Kier molecular flexibility index (Phi) is 5.26. The Morgan fingerprint density at radius 1 is 1.19 bits per heavy atom. The zero-order chi connectivity index (χ0) is 19.6. The number of anilines is 2. The summed E-state index contributed by atoms with van der Waals surface area (Å²) in [7, 11) is 0. The molecule has 1 heterocycles. The number of esters is 1. The van der Waals surface area contributed by atoms with Crippen LogP contribution >= 0.6 is 0 Å². The monoisotopic (exact) mass is 366 g/mol. The maximum Gasteiger partial charge on any atom is 0.338 e. The minimum atomic E-state index is -0.533. The molecule has 0 radical (unpaired) electrons. The van der Waals surface area contributed by atoms with Crippen LogP contribution in [-0.2, 0) is 14.3 Å². The summed E-state index contributed by atoms with van der Waals surface area (Å²) in [5, 5.41) is 2.80. The number of hydrogen-bond acceptors (Lipinski definition) is 4. The second-order valence-electron chi connectivity index (χ2n) is 6.78. The number of carbonyl (C=O) groups is 3. The predicted octanol–water partition coefficient (Wildman–Crippen LogP) is 3.22. The number of carbonyl (C=O) groups excluding carboxylic acids is 3. The molecule has 0 bridgehead atoms. The Morgan fingerprint density at radius 2 is 1.93 bits per heavy atom. The van der Waals surface area contributed by atoms with Crippen LogP contribution in [0.15, 0.2) is 42.5 Å². The lowest BCUT2D eigenvalue weighted by atomic mass is 10.1. The molecule has 3 rings (SSSR count). The number of nitrogens with one attached hydrogen (secondary N) is 1. The summed E-state index contributed by atoms with van der Waals surface area (Å²) >= 11 is 0. The van der Waals surface area contributed by atoms with E-state index in [2.05, 4.69) is 5.32 Å². The summed E-state index contributed by atoms with van der Waals surface area (Å²) in [6.45, 7) is 5.12. The second kappa shape index (κ2) is 7.61. The van der Waals surface area contributed by atoms with E-state index >= 15 is 0 Å². The largest absolute Gasteiger partial charge is 0.452 e. The molecule has 27 heavy (non-hydrogen) atoms. The molecule has 6 heteroatoms. The molecule has 1 N–H and O–H groups in total. The van der Waals surface area contributed by atoms with Crippen molar-refractivity contribution in [3.8, 4) is 0 Å². The van der Waals surface area contributed by atoms with Crippen molar-refractivity contribution in [2.24, 2.45) is 0 Å². The van der Waals surface area contributed by atoms with Crippen LogP contribution < -0.4 is 10.2 Å². The number of amides is 2. The van der Waals surface area contributed by atoms with Crippen LogP contribution in [-0.4, -0.2) is 30.4 Å². The Hall–Kier alpha value is -3.15. The van der Waals surface area contributed by atoms with Gasteiger partial charge in [0.1, 0.15) is 0 Å². The van der Waals surface area contributed by atoms with Gasteiger partial charge >= 0.3 is 5.97 Å². The van der Waals surface area contributed by atoms with Crippen molar-refractivity contribution in [2.45, 2.75) is 33.2 Å². The van der Waals surface area contributed by atoms with Gasteiger partial charge in [-0.2, -0.15) is 0 Å². The van der Waals surface area contributed by atoms with Crippen LogP contribution in [0.2, 0.25) is 0 Å². The van der Waals surface area contributed by atoms with Crippen molar-refractivity contribution >= 4 is 29.2 Å². The number of nitrogens with zero attached hydrogens (tertiary/aromatic N) is 1. The number of benzene rings is 2. The van der Waals surface area contributed by atoms with Crippen LogP contribution in [0.25, 0.3) is 0 Å². The molecule has 0 aliphatic carbocycles. The van der Waals surface area contributed by atoms with Crippen molar-refractivity contribution in [3.63, 3.8) is 0 Å². The predicted molar refractivity (Wildman–Crippen MR) is 103 cm³/mol. The first-order valence-corrected chi connectivity index (χ1v) is 8.82. The van der Waals surface area contributed by atoms with Gasteiger partial charge in [0, 0.05) is 12.5 Å². The van der Waals surface area contributed by atoms with Crippen molar-refractivity contribution in [1.82, 2.24) is 0 Å². The van der Waals surface area contributed by atoms with E-state index in [1.165, 1.54) is 4.90 Å². The maximum atomic E-state index is 12.8. The number of aryl methyl sites for hydroxylation is 2. The van der Waals surface area contributed by atoms with Crippen LogP contribution in [0.3, 0.4) is 0 Å². The van der Waals surface area contributed by atoms with E-state index in [9.17, 15) is 14.4 Å². The number of para-hydroxylation sites is 2. The number of ether oxygens (including phenoxy) is 1. The van der Waals surface area contributed by atoms with E-state index in [0.717, 1.165) is 11.1 Å². The molecule has 6 nitrogen and oxygen atoms in total. The van der Waals surface area contributed by atoms with Crippen molar-refractivity contribution in [1.29, 1.82) is 0 Å². The summed E-state index contributed by atoms with van der Waals surface area (Å²) in [4.78, 5) is 38.7. The summed E-state index contributed by atoms with van der Waals surface area (Å²) in [6.07, 6.45) is 0.172. The van der Waals surface area contributed by atoms with E-state index in [1.54, 1.807) is 37.3 Å². The lowest BCUT2D eigenvalue weighted by Gasteiger charge is -2.27. The van der Waals surface area contributed by atoms with Gasteiger partial charge in [0.2, 0.25) is 5.91 Å². The van der Waals surface area contributed by atoms with Crippen molar-refractivity contribution in [2.75, 3.05) is 16.8 Å². The summed E-state index contributed by atoms with van der Waals surface area (Å²) in [5.74, 6) is -1.06. The number of hydrogen-bond donors (Lipinski definition) is 1. The Morgan fingerprint density at radius 3 is 2.70 bits per heavy atom. The quantitative estimate of drug-likeness (QED) is 0.847. The van der Waals surface area contributed by atoms with Gasteiger partial charge in [-0.3, -0.25) is 9.59 Å². The summed E-state index contributed by atoms with van der Waals surface area (Å²) < 4.78 is 5.27. The van der Waals surface area contributed by atoms with Gasteiger partial charge in [-0.25, -0.2) is 4.79 Å². The third kappa shape index (κ3) is 4.00. The first-order chi connectivity index (χ1) is 12.9. The molecule has 0 spiro atoms. The molecule has 0 fully saturated rings. The minimum absolute atomic E-state index is 0.155. The van der Waals surface area contributed by atoms with Gasteiger partial charge in [-0.1, -0.05) is 29.8 Å². The lowest BCUT2D eigenvalue weighted by Crippen LogP contribution is -2.41. The highest BCUT2D eigenvalue weighted by atomic mass is 16.5. The third-order valence-corrected chi connectivity index (χ3v) is 4.57. The van der Waals surface area contributed by atoms with Gasteiger partial charge < -0.3 is 15.0 Å². The highest BCUT2D eigenvalue weighted by Gasteiger charge is 2.30. The molecule has 0 aromatic heterocycles. The standard InChI is InChI=1S/C21H22N2O4/c1-13-8-9-14(2)16(10-13)21(26)27-12-20(25)23-15(3)11-19(24)22-17-6-4-5-7-18(17)23/h4-10,15H,11-12H2,1-3H3,(H,22,24). The first kappa shape index (κ1) is 18.6. The molecule has 140 valence electrons. The second-order valence-corrected chi connectivity index (χ2v) is 6.78. The average Bonchev–Trinajstić information content (AvgIpc) is 2.75. The van der Waals surface area contributed by atoms with Gasteiger partial charge in [-0.15, -0.1) is 0 Å². The molecule has 2 aromatic rings. The zero-order valence-corrected chi connectivity index (χ0v) is 15.6. The topological polar surface area (TPSA) is 75.7 Å². The summed E-state index contributed by atoms with van der Waals surface area (Å²) in [5.41, 5.74) is 3.36. The average molecular weight is 366 g/mol. The SMILES string of the molecule is Cc1ccc(C)c(C(=O)OCC(=O)N2c3ccccc3NC(=O)CC2C)c1. The fraction of sp³-hybridized carbons (Fsp3) is 0.286. The van der Waals surface area contributed by atoms with Gasteiger partial charge in [-0.05, 0) is 44.5 Å². The molecule has 0 saturated heterocycles. The Labute approximate surface area is 158 Å². The summed E-state index contributed by atoms with van der Waals surface area (Å²) in [6, 6.07) is 12.3. The maximum absolute atomic E-state index is 12.8. The van der Waals surface area contributed by atoms with Crippen molar-refractivity contribution in [3.05, 3.63) is 59.2 Å². The molecule has 1 unspecified atom stereocenters. The van der Waals surface area contributed by atoms with E-state index < -0.39 is 5.97 Å². The first-order valence-electron chi connectivity index (χ1n) is 8.82. The lowest BCUT2D eigenvalue weighted by molar-refractivity contribution is -0.122. The van der Waals surface area contributed by atoms with E-state index in [1.807, 2.05) is 26.0 Å². The highest BCUT2D eigenvalue weighted by molar-refractivity contribution is 6.05. The molecule has 1 aliphatic rings. The number of rotatable bonds is 3. The van der Waals surface area contributed by atoms with Crippen LogP contribution in [0.5, 0.6) is 0 Å². The molecule has 0 saturated carbocycles. The molecule has 1 atom stereocenters. The van der Waals surface area contributed by atoms with Gasteiger partial charge in [0.05, 0.1) is 16.9 Å². The van der Waals surface area contributed by atoms with Crippen LogP contribution in [0, 0.1) is 13.8 Å². The van der Waals surface area contributed by atoms with E-state index in [4.69, 9.17) is 4.74 Å². The highest BCUT2D eigenvalue weighted by Crippen LogP contribution is 2.31. The van der Waals surface area contributed by atoms with Gasteiger partial charge in [0.25, 0.3) is 5.91 Å². The Balaban J connectivity index is 1.78. The normalized spacial score (nSPS) is 16.2. The molecular weight excluding hydrogens is 344 g/mol. The fourth-order valence-electron chi connectivity index (χ4n) is 3.20.